The van der Waals surface area contributed by atoms with Crippen LogP contribution < -0.4 is 5.43 Å². The third-order valence-corrected chi connectivity index (χ3v) is 3.06. The molecule has 0 bridgehead atoms. The number of alkyl halides is 3. The van der Waals surface area contributed by atoms with Crippen LogP contribution in [0.3, 0.4) is 0 Å². The van der Waals surface area contributed by atoms with E-state index < -0.39 is 23.1 Å². The SMILES string of the molecule is COC(=O)Cn1cc(C#N)c(=O)c2cc(C(F)(F)F)ccc21. The van der Waals surface area contributed by atoms with Crippen LogP contribution in [-0.2, 0) is 22.3 Å². The van der Waals surface area contributed by atoms with E-state index in [1.807, 2.05) is 0 Å². The molecule has 22 heavy (non-hydrogen) atoms. The number of nitrogens with zero attached hydrogens (tertiary/aromatic N) is 2. The highest BCUT2D eigenvalue weighted by Gasteiger charge is 2.31. The minimum atomic E-state index is -4.61. The molecule has 8 heteroatoms. The molecule has 1 heterocycles. The summed E-state index contributed by atoms with van der Waals surface area (Å²) in [5.74, 6) is -0.659. The fourth-order valence-electron chi connectivity index (χ4n) is 1.99. The summed E-state index contributed by atoms with van der Waals surface area (Å²) in [6.45, 7) is -0.326. The first-order valence-electron chi connectivity index (χ1n) is 5.99. The van der Waals surface area contributed by atoms with Crippen LogP contribution in [0.5, 0.6) is 0 Å². The molecule has 0 aliphatic rings. The number of nitriles is 1. The molecule has 2 aromatic rings. The number of pyridine rings is 1. The van der Waals surface area contributed by atoms with E-state index in [4.69, 9.17) is 5.26 Å². The Labute approximate surface area is 122 Å². The Kier molecular flexibility index (Phi) is 3.91. The zero-order valence-corrected chi connectivity index (χ0v) is 11.3. The lowest BCUT2D eigenvalue weighted by Gasteiger charge is -2.12. The molecule has 0 spiro atoms. The van der Waals surface area contributed by atoms with Crippen molar-refractivity contribution in [1.29, 1.82) is 5.26 Å². The smallest absolute Gasteiger partial charge is 0.416 e. The topological polar surface area (TPSA) is 72.1 Å². The van der Waals surface area contributed by atoms with Gasteiger partial charge in [0.25, 0.3) is 0 Å². The molecule has 0 aliphatic carbocycles. The predicted octanol–water partition coefficient (Wildman–Crippen LogP) is 2.06. The summed E-state index contributed by atoms with van der Waals surface area (Å²) in [6.07, 6.45) is -3.49. The van der Waals surface area contributed by atoms with E-state index in [-0.39, 0.29) is 23.0 Å². The van der Waals surface area contributed by atoms with E-state index >= 15 is 0 Å². The number of methoxy groups -OCH3 is 1. The van der Waals surface area contributed by atoms with Gasteiger partial charge < -0.3 is 9.30 Å². The number of carbonyl (C=O) groups is 1. The number of halogens is 3. The maximum Gasteiger partial charge on any atom is 0.416 e. The molecule has 0 amide bonds. The van der Waals surface area contributed by atoms with Crippen LogP contribution in [-0.4, -0.2) is 17.6 Å². The van der Waals surface area contributed by atoms with Gasteiger partial charge in [-0.25, -0.2) is 0 Å². The summed E-state index contributed by atoms with van der Waals surface area (Å²) >= 11 is 0. The molecule has 0 fully saturated rings. The summed E-state index contributed by atoms with van der Waals surface area (Å²) in [5, 5.41) is 8.64. The van der Waals surface area contributed by atoms with Crippen LogP contribution in [0.1, 0.15) is 11.1 Å². The Bertz CT molecular complexity index is 847. The summed E-state index contributed by atoms with van der Waals surface area (Å²) in [6, 6.07) is 4.18. The van der Waals surface area contributed by atoms with E-state index in [1.165, 1.54) is 4.57 Å². The van der Waals surface area contributed by atoms with Gasteiger partial charge in [-0.3, -0.25) is 9.59 Å². The molecule has 0 unspecified atom stereocenters. The van der Waals surface area contributed by atoms with Crippen molar-refractivity contribution in [3.63, 3.8) is 0 Å². The molecular weight excluding hydrogens is 301 g/mol. The van der Waals surface area contributed by atoms with Crippen LogP contribution in [0.2, 0.25) is 0 Å². The minimum Gasteiger partial charge on any atom is -0.468 e. The van der Waals surface area contributed by atoms with Gasteiger partial charge in [0.15, 0.2) is 0 Å². The third-order valence-electron chi connectivity index (χ3n) is 3.06. The third kappa shape index (κ3) is 2.79. The quantitative estimate of drug-likeness (QED) is 0.796. The fraction of sp³-hybridized carbons (Fsp3) is 0.214. The highest BCUT2D eigenvalue weighted by Crippen LogP contribution is 2.30. The first-order valence-corrected chi connectivity index (χ1v) is 5.99. The van der Waals surface area contributed by atoms with Crippen molar-refractivity contribution >= 4 is 16.9 Å². The summed E-state index contributed by atoms with van der Waals surface area (Å²) in [5.41, 5.74) is -2.06. The number of ether oxygens (including phenoxy) is 1. The number of esters is 1. The second-order valence-corrected chi connectivity index (χ2v) is 4.42. The first-order chi connectivity index (χ1) is 10.3. The van der Waals surface area contributed by atoms with Gasteiger partial charge in [-0.15, -0.1) is 0 Å². The minimum absolute atomic E-state index is 0.113. The first kappa shape index (κ1) is 15.6. The van der Waals surface area contributed by atoms with Crippen LogP contribution in [0.15, 0.2) is 29.2 Å². The van der Waals surface area contributed by atoms with Gasteiger partial charge >= 0.3 is 12.1 Å². The molecule has 1 aromatic heterocycles. The Hall–Kier alpha value is -2.82. The lowest BCUT2D eigenvalue weighted by atomic mass is 10.1. The average molecular weight is 310 g/mol. The summed E-state index contributed by atoms with van der Waals surface area (Å²) < 4.78 is 43.9. The van der Waals surface area contributed by atoms with Crippen LogP contribution in [0.25, 0.3) is 10.9 Å². The van der Waals surface area contributed by atoms with E-state index in [0.29, 0.717) is 6.07 Å². The van der Waals surface area contributed by atoms with Crippen LogP contribution in [0, 0.1) is 11.3 Å². The number of fused-ring (bicyclic) bond motifs is 1. The van der Waals surface area contributed by atoms with Crippen molar-refractivity contribution in [2.45, 2.75) is 12.7 Å². The Morgan fingerprint density at radius 3 is 2.64 bits per heavy atom. The molecule has 0 N–H and O–H groups in total. The largest absolute Gasteiger partial charge is 0.468 e. The van der Waals surface area contributed by atoms with Crippen molar-refractivity contribution in [3.8, 4) is 6.07 Å². The highest BCUT2D eigenvalue weighted by atomic mass is 19.4. The van der Waals surface area contributed by atoms with Crippen molar-refractivity contribution in [3.05, 3.63) is 45.7 Å². The second kappa shape index (κ2) is 5.52. The van der Waals surface area contributed by atoms with E-state index in [2.05, 4.69) is 4.74 Å². The summed E-state index contributed by atoms with van der Waals surface area (Å²) in [7, 11) is 1.15. The molecule has 114 valence electrons. The standard InChI is InChI=1S/C14H9F3N2O3/c1-22-12(20)7-19-6-8(5-18)13(21)10-4-9(14(15,16)17)2-3-11(10)19/h2-4,6H,7H2,1H3. The maximum atomic E-state index is 12.7. The van der Waals surface area contributed by atoms with Crippen LogP contribution in [0.4, 0.5) is 13.2 Å². The Morgan fingerprint density at radius 1 is 1.41 bits per heavy atom. The Balaban J connectivity index is 2.78. The maximum absolute atomic E-state index is 12.7. The number of carbonyl (C=O) groups excluding carboxylic acids is 1. The molecule has 0 atom stereocenters. The van der Waals surface area contributed by atoms with Gasteiger partial charge in [-0.1, -0.05) is 0 Å². The molecule has 1 aromatic carbocycles. The number of benzene rings is 1. The van der Waals surface area contributed by atoms with Gasteiger partial charge in [0.1, 0.15) is 18.2 Å². The number of hydrogen-bond acceptors (Lipinski definition) is 4. The van der Waals surface area contributed by atoms with Gasteiger partial charge in [0.2, 0.25) is 5.43 Å². The van der Waals surface area contributed by atoms with Gasteiger partial charge in [0.05, 0.1) is 18.2 Å². The monoisotopic (exact) mass is 310 g/mol. The predicted molar refractivity (Wildman–Crippen MR) is 69.9 cm³/mol. The average Bonchev–Trinajstić information content (AvgIpc) is 2.48. The van der Waals surface area contributed by atoms with E-state index in [0.717, 1.165) is 25.4 Å². The van der Waals surface area contributed by atoms with Gasteiger partial charge in [0, 0.05) is 11.6 Å². The fourth-order valence-corrected chi connectivity index (χ4v) is 1.99. The van der Waals surface area contributed by atoms with Crippen molar-refractivity contribution in [2.24, 2.45) is 0 Å². The van der Waals surface area contributed by atoms with Crippen molar-refractivity contribution in [2.75, 3.05) is 7.11 Å². The zero-order valence-electron chi connectivity index (χ0n) is 11.3. The molecule has 5 nitrogen and oxygen atoms in total. The lowest BCUT2D eigenvalue weighted by Crippen LogP contribution is -2.18. The molecule has 0 saturated heterocycles. The Morgan fingerprint density at radius 2 is 2.09 bits per heavy atom. The molecule has 0 radical (unpaired) electrons. The number of aromatic nitrogens is 1. The lowest BCUT2D eigenvalue weighted by molar-refractivity contribution is -0.141. The van der Waals surface area contributed by atoms with Gasteiger partial charge in [-0.2, -0.15) is 18.4 Å². The number of hydrogen-bond donors (Lipinski definition) is 0. The van der Waals surface area contributed by atoms with E-state index in [9.17, 15) is 22.8 Å². The highest BCUT2D eigenvalue weighted by molar-refractivity contribution is 5.82. The van der Waals surface area contributed by atoms with Crippen LogP contribution >= 0.6 is 0 Å². The molecule has 2 rings (SSSR count). The molecule has 0 aliphatic heterocycles. The number of rotatable bonds is 2. The van der Waals surface area contributed by atoms with E-state index in [1.54, 1.807) is 6.07 Å². The van der Waals surface area contributed by atoms with Crippen molar-refractivity contribution in [1.82, 2.24) is 4.57 Å². The molecular formula is C14H9F3N2O3. The van der Waals surface area contributed by atoms with Gasteiger partial charge in [-0.05, 0) is 18.2 Å². The second-order valence-electron chi connectivity index (χ2n) is 4.42. The zero-order chi connectivity index (χ0) is 16.5. The summed E-state index contributed by atoms with van der Waals surface area (Å²) in [4.78, 5) is 23.4. The van der Waals surface area contributed by atoms with Crippen molar-refractivity contribution < 1.29 is 22.7 Å². The normalized spacial score (nSPS) is 11.2. The molecule has 0 saturated carbocycles.